The van der Waals surface area contributed by atoms with Gasteiger partial charge in [-0.1, -0.05) is 26.8 Å². The van der Waals surface area contributed by atoms with E-state index in [0.717, 1.165) is 12.8 Å². The van der Waals surface area contributed by atoms with Gasteiger partial charge in [0, 0.05) is 11.3 Å². The quantitative estimate of drug-likeness (QED) is 0.897. The van der Waals surface area contributed by atoms with Gasteiger partial charge in [-0.25, -0.2) is 0 Å². The molecule has 3 nitrogen and oxygen atoms in total. The molecule has 2 saturated carbocycles. The van der Waals surface area contributed by atoms with Crippen LogP contribution in [0.4, 0.5) is 0 Å². The van der Waals surface area contributed by atoms with E-state index in [1.54, 1.807) is 11.3 Å². The van der Waals surface area contributed by atoms with Crippen molar-refractivity contribution in [3.63, 3.8) is 0 Å². The summed E-state index contributed by atoms with van der Waals surface area (Å²) in [6.45, 7) is 7.32. The molecule has 0 spiro atoms. The van der Waals surface area contributed by atoms with Crippen molar-refractivity contribution in [2.24, 2.45) is 22.7 Å². The first-order valence-corrected chi connectivity index (χ1v) is 8.71. The Morgan fingerprint density at radius 2 is 2.24 bits per heavy atom. The molecule has 0 aromatic carbocycles. The van der Waals surface area contributed by atoms with Crippen LogP contribution in [-0.4, -0.2) is 17.1 Å². The topological polar surface area (TPSA) is 49.3 Å². The molecular weight excluding hydrogens is 282 g/mol. The van der Waals surface area contributed by atoms with E-state index in [1.165, 1.54) is 4.88 Å². The van der Waals surface area contributed by atoms with E-state index in [1.807, 2.05) is 17.5 Å². The molecule has 1 aromatic heterocycles. The van der Waals surface area contributed by atoms with Crippen molar-refractivity contribution in [3.05, 3.63) is 22.4 Å². The third-order valence-corrected chi connectivity index (χ3v) is 7.29. The minimum absolute atomic E-state index is 0.0314. The van der Waals surface area contributed by atoms with Gasteiger partial charge in [-0.3, -0.25) is 4.79 Å². The molecule has 1 amide bonds. The van der Waals surface area contributed by atoms with Crippen molar-refractivity contribution in [1.29, 1.82) is 0 Å². The van der Waals surface area contributed by atoms with Gasteiger partial charge >= 0.3 is 0 Å². The fraction of sp³-hybridized carbons (Fsp3) is 0.706. The molecule has 2 fully saturated rings. The second-order valence-electron chi connectivity index (χ2n) is 7.45. The number of carbonyl (C=O) groups excluding carboxylic acids is 1. The molecule has 2 aliphatic rings. The van der Waals surface area contributed by atoms with E-state index < -0.39 is 0 Å². The van der Waals surface area contributed by atoms with Crippen LogP contribution >= 0.6 is 11.3 Å². The summed E-state index contributed by atoms with van der Waals surface area (Å²) in [5.41, 5.74) is 0.0987. The summed E-state index contributed by atoms with van der Waals surface area (Å²) in [7, 11) is 0. The van der Waals surface area contributed by atoms with Gasteiger partial charge in [0.15, 0.2) is 0 Å². The number of aliphatic hydroxyl groups excluding tert-OH is 1. The van der Waals surface area contributed by atoms with Crippen molar-refractivity contribution in [1.82, 2.24) is 5.32 Å². The third-order valence-electron chi connectivity index (χ3n) is 6.41. The van der Waals surface area contributed by atoms with Gasteiger partial charge in [0.1, 0.15) is 0 Å². The molecule has 0 aliphatic heterocycles. The molecule has 1 aromatic rings. The molecule has 1 heterocycles. The predicted octanol–water partition coefficient (Wildman–Crippen LogP) is 3.19. The van der Waals surface area contributed by atoms with Crippen LogP contribution in [-0.2, 0) is 11.3 Å². The highest BCUT2D eigenvalue weighted by atomic mass is 32.1. The number of hydrogen-bond acceptors (Lipinski definition) is 3. The average Bonchev–Trinajstić information content (AvgIpc) is 3.04. The molecule has 2 N–H and O–H groups in total. The maximum absolute atomic E-state index is 12.2. The lowest BCUT2D eigenvalue weighted by Crippen LogP contribution is -2.39. The first-order chi connectivity index (χ1) is 9.86. The van der Waals surface area contributed by atoms with Crippen LogP contribution < -0.4 is 5.32 Å². The second kappa shape index (κ2) is 5.10. The average molecular weight is 307 g/mol. The van der Waals surface area contributed by atoms with Crippen LogP contribution in [0.2, 0.25) is 0 Å². The van der Waals surface area contributed by atoms with Crippen LogP contribution in [0.1, 0.15) is 44.9 Å². The number of hydrogen-bond donors (Lipinski definition) is 2. The van der Waals surface area contributed by atoms with E-state index >= 15 is 0 Å². The molecule has 2 aliphatic carbocycles. The summed E-state index contributed by atoms with van der Waals surface area (Å²) in [6.07, 6.45) is 2.33. The van der Waals surface area contributed by atoms with E-state index in [2.05, 4.69) is 26.1 Å². The highest BCUT2D eigenvalue weighted by Crippen LogP contribution is 2.68. The summed E-state index contributed by atoms with van der Waals surface area (Å²) in [6, 6.07) is 4.02. The SMILES string of the molecule is CC1(C)C2CCC1(C)C(O)C2CC(=O)NCc1cccs1. The molecular formula is C17H25NO2S. The fourth-order valence-corrected chi connectivity index (χ4v) is 5.32. The third kappa shape index (κ3) is 2.23. The normalized spacial score (nSPS) is 36.9. The largest absolute Gasteiger partial charge is 0.392 e. The Hall–Kier alpha value is -0.870. The standard InChI is InChI=1S/C17H25NO2S/c1-16(2)13-6-7-17(16,3)15(20)12(13)9-14(19)18-10-11-5-4-8-21-11/h4-5,8,12-13,15,20H,6-7,9-10H2,1-3H3,(H,18,19). The zero-order valence-electron chi connectivity index (χ0n) is 13.1. The van der Waals surface area contributed by atoms with Crippen LogP contribution in [0, 0.1) is 22.7 Å². The van der Waals surface area contributed by atoms with E-state index in [-0.39, 0.29) is 28.8 Å². The van der Waals surface area contributed by atoms with Gasteiger partial charge in [0.25, 0.3) is 0 Å². The number of carbonyl (C=O) groups is 1. The summed E-state index contributed by atoms with van der Waals surface area (Å²) in [4.78, 5) is 13.4. The Kier molecular flexibility index (Phi) is 3.65. The summed E-state index contributed by atoms with van der Waals surface area (Å²) >= 11 is 1.66. The van der Waals surface area contributed by atoms with Gasteiger partial charge in [-0.2, -0.15) is 0 Å². The molecule has 21 heavy (non-hydrogen) atoms. The molecule has 4 atom stereocenters. The van der Waals surface area contributed by atoms with E-state index in [9.17, 15) is 9.90 Å². The lowest BCUT2D eigenvalue weighted by Gasteiger charge is -2.37. The van der Waals surface area contributed by atoms with Crippen LogP contribution in [0.25, 0.3) is 0 Å². The zero-order valence-corrected chi connectivity index (χ0v) is 13.9. The van der Waals surface area contributed by atoms with Gasteiger partial charge in [-0.05, 0) is 47.0 Å². The number of aliphatic hydroxyl groups is 1. The fourth-order valence-electron chi connectivity index (χ4n) is 4.67. The Labute approximate surface area is 130 Å². The highest BCUT2D eigenvalue weighted by molar-refractivity contribution is 7.09. The lowest BCUT2D eigenvalue weighted by molar-refractivity contribution is -0.124. The van der Waals surface area contributed by atoms with Gasteiger partial charge < -0.3 is 10.4 Å². The zero-order chi connectivity index (χ0) is 15.3. The molecule has 4 heteroatoms. The number of rotatable bonds is 4. The monoisotopic (exact) mass is 307 g/mol. The molecule has 3 rings (SSSR count). The van der Waals surface area contributed by atoms with Gasteiger partial charge in [-0.15, -0.1) is 11.3 Å². The summed E-state index contributed by atoms with van der Waals surface area (Å²) in [5, 5.41) is 15.7. The number of thiophene rings is 1. The first-order valence-electron chi connectivity index (χ1n) is 7.83. The first kappa shape index (κ1) is 15.0. The molecule has 4 unspecified atom stereocenters. The number of amides is 1. The van der Waals surface area contributed by atoms with Crippen LogP contribution in [0.3, 0.4) is 0 Å². The Morgan fingerprint density at radius 1 is 1.48 bits per heavy atom. The smallest absolute Gasteiger partial charge is 0.220 e. The summed E-state index contributed by atoms with van der Waals surface area (Å²) < 4.78 is 0. The molecule has 0 saturated heterocycles. The Bertz CT molecular complexity index is 525. The minimum atomic E-state index is -0.348. The summed E-state index contributed by atoms with van der Waals surface area (Å²) in [5.74, 6) is 0.645. The maximum atomic E-state index is 12.2. The minimum Gasteiger partial charge on any atom is -0.392 e. The van der Waals surface area contributed by atoms with Crippen molar-refractivity contribution >= 4 is 17.2 Å². The van der Waals surface area contributed by atoms with E-state index in [0.29, 0.717) is 18.9 Å². The molecule has 2 bridgehead atoms. The highest BCUT2D eigenvalue weighted by Gasteiger charge is 2.65. The van der Waals surface area contributed by atoms with Crippen molar-refractivity contribution < 1.29 is 9.90 Å². The van der Waals surface area contributed by atoms with E-state index in [4.69, 9.17) is 0 Å². The second-order valence-corrected chi connectivity index (χ2v) is 8.49. The van der Waals surface area contributed by atoms with Crippen LogP contribution in [0.5, 0.6) is 0 Å². The van der Waals surface area contributed by atoms with Crippen molar-refractivity contribution in [3.8, 4) is 0 Å². The molecule has 0 radical (unpaired) electrons. The van der Waals surface area contributed by atoms with Crippen LogP contribution in [0.15, 0.2) is 17.5 Å². The lowest BCUT2D eigenvalue weighted by atomic mass is 9.70. The number of nitrogens with one attached hydrogen (secondary N) is 1. The predicted molar refractivity (Wildman–Crippen MR) is 84.9 cm³/mol. The van der Waals surface area contributed by atoms with Gasteiger partial charge in [0.2, 0.25) is 5.91 Å². The Morgan fingerprint density at radius 3 is 2.81 bits per heavy atom. The maximum Gasteiger partial charge on any atom is 0.220 e. The van der Waals surface area contributed by atoms with Crippen molar-refractivity contribution in [2.75, 3.05) is 0 Å². The Balaban J connectivity index is 1.62. The van der Waals surface area contributed by atoms with Crippen molar-refractivity contribution in [2.45, 2.75) is 52.7 Å². The number of fused-ring (bicyclic) bond motifs is 2. The van der Waals surface area contributed by atoms with Gasteiger partial charge in [0.05, 0.1) is 12.6 Å². The molecule has 116 valence electrons.